The highest BCUT2D eigenvalue weighted by atomic mass is 32.1. The molecule has 0 aliphatic heterocycles. The van der Waals surface area contributed by atoms with Crippen molar-refractivity contribution in [2.45, 2.75) is 6.92 Å². The third kappa shape index (κ3) is 2.55. The molecule has 20 heavy (non-hydrogen) atoms. The minimum absolute atomic E-state index is 0.165. The maximum Gasteiger partial charge on any atom is 0.270 e. The molecule has 0 spiro atoms. The average molecular weight is 289 g/mol. The van der Waals surface area contributed by atoms with Crippen LogP contribution < -0.4 is 10.2 Å². The highest BCUT2D eigenvalue weighted by Gasteiger charge is 2.21. The zero-order valence-electron chi connectivity index (χ0n) is 11.5. The third-order valence-corrected chi connectivity index (χ3v) is 3.90. The first-order valence-electron chi connectivity index (χ1n) is 6.05. The molecular weight excluding hydrogens is 274 g/mol. The second-order valence-electron chi connectivity index (χ2n) is 4.23. The molecule has 0 fully saturated rings. The number of nitrogens with zero attached hydrogens (tertiary/aromatic N) is 2. The van der Waals surface area contributed by atoms with Crippen LogP contribution in [-0.4, -0.2) is 30.9 Å². The Morgan fingerprint density at radius 2 is 2.00 bits per heavy atom. The van der Waals surface area contributed by atoms with Crippen LogP contribution >= 0.6 is 11.3 Å². The minimum atomic E-state index is -0.221. The summed E-state index contributed by atoms with van der Waals surface area (Å²) in [5, 5.41) is 2.57. The molecule has 0 saturated heterocycles. The lowest BCUT2D eigenvalue weighted by molar-refractivity contribution is 0.0963. The van der Waals surface area contributed by atoms with Crippen LogP contribution in [-0.2, 0) is 0 Å². The van der Waals surface area contributed by atoms with E-state index in [9.17, 15) is 9.59 Å². The van der Waals surface area contributed by atoms with Crippen molar-refractivity contribution in [2.24, 2.45) is 0 Å². The summed E-state index contributed by atoms with van der Waals surface area (Å²) >= 11 is 1.30. The normalized spacial score (nSPS) is 10.2. The number of carbonyl (C=O) groups is 2. The smallest absolute Gasteiger partial charge is 0.270 e. The molecule has 2 amide bonds. The molecule has 5 nitrogen and oxygen atoms in total. The van der Waals surface area contributed by atoms with Crippen molar-refractivity contribution in [3.8, 4) is 0 Å². The van der Waals surface area contributed by atoms with Crippen LogP contribution in [0.25, 0.3) is 0 Å². The summed E-state index contributed by atoms with van der Waals surface area (Å²) in [6.45, 7) is 1.79. The number of benzene rings is 1. The molecule has 1 heterocycles. The monoisotopic (exact) mass is 289 g/mol. The second kappa shape index (κ2) is 5.83. The molecular formula is C14H15N3O2S. The largest absolute Gasteiger partial charge is 0.355 e. The Kier molecular flexibility index (Phi) is 4.14. The molecule has 104 valence electrons. The van der Waals surface area contributed by atoms with Crippen LogP contribution in [0.2, 0.25) is 0 Å². The lowest BCUT2D eigenvalue weighted by atomic mass is 10.1. The number of rotatable bonds is 3. The number of nitrogens with one attached hydrogen (secondary N) is 1. The number of para-hydroxylation sites is 1. The summed E-state index contributed by atoms with van der Waals surface area (Å²) in [6.07, 6.45) is 0. The molecule has 0 aliphatic carbocycles. The molecule has 0 aliphatic rings. The summed E-state index contributed by atoms with van der Waals surface area (Å²) < 4.78 is 0. The average Bonchev–Trinajstić information content (AvgIpc) is 2.91. The van der Waals surface area contributed by atoms with Gasteiger partial charge in [-0.3, -0.25) is 9.59 Å². The van der Waals surface area contributed by atoms with Gasteiger partial charge in [0.05, 0.1) is 22.5 Å². The topological polar surface area (TPSA) is 62.3 Å². The maximum atomic E-state index is 12.5. The van der Waals surface area contributed by atoms with Gasteiger partial charge in [0, 0.05) is 14.1 Å². The fraction of sp³-hybridized carbons (Fsp3) is 0.214. The number of carbonyl (C=O) groups excluding carboxylic acids is 2. The second-order valence-corrected chi connectivity index (χ2v) is 5.08. The number of anilines is 1. The van der Waals surface area contributed by atoms with E-state index in [0.717, 1.165) is 0 Å². The maximum absolute atomic E-state index is 12.5. The third-order valence-electron chi connectivity index (χ3n) is 2.98. The van der Waals surface area contributed by atoms with Gasteiger partial charge >= 0.3 is 0 Å². The van der Waals surface area contributed by atoms with E-state index in [1.807, 2.05) is 0 Å². The van der Waals surface area contributed by atoms with Crippen molar-refractivity contribution < 1.29 is 9.59 Å². The van der Waals surface area contributed by atoms with Gasteiger partial charge in [0.25, 0.3) is 11.8 Å². The number of hydrogen-bond donors (Lipinski definition) is 1. The Morgan fingerprint density at radius 3 is 2.60 bits per heavy atom. The van der Waals surface area contributed by atoms with E-state index in [0.29, 0.717) is 21.8 Å². The van der Waals surface area contributed by atoms with Crippen LogP contribution in [0, 0.1) is 6.92 Å². The van der Waals surface area contributed by atoms with Gasteiger partial charge in [0.1, 0.15) is 4.88 Å². The Bertz CT molecular complexity index is 651. The van der Waals surface area contributed by atoms with Gasteiger partial charge in [-0.1, -0.05) is 12.1 Å². The fourth-order valence-electron chi connectivity index (χ4n) is 1.86. The van der Waals surface area contributed by atoms with Gasteiger partial charge < -0.3 is 10.2 Å². The number of thiazole rings is 1. The van der Waals surface area contributed by atoms with E-state index in [1.54, 1.807) is 50.8 Å². The van der Waals surface area contributed by atoms with Crippen molar-refractivity contribution in [3.63, 3.8) is 0 Å². The van der Waals surface area contributed by atoms with E-state index in [2.05, 4.69) is 10.3 Å². The van der Waals surface area contributed by atoms with Crippen molar-refractivity contribution in [2.75, 3.05) is 19.0 Å². The molecule has 1 aromatic heterocycles. The summed E-state index contributed by atoms with van der Waals surface area (Å²) in [6, 6.07) is 7.01. The lowest BCUT2D eigenvalue weighted by Crippen LogP contribution is -2.29. The summed E-state index contributed by atoms with van der Waals surface area (Å²) in [5.74, 6) is -0.386. The van der Waals surface area contributed by atoms with Crippen LogP contribution in [0.4, 0.5) is 5.69 Å². The van der Waals surface area contributed by atoms with Crippen LogP contribution in [0.1, 0.15) is 25.7 Å². The minimum Gasteiger partial charge on any atom is -0.355 e. The highest BCUT2D eigenvalue weighted by Crippen LogP contribution is 2.23. The molecule has 2 aromatic rings. The summed E-state index contributed by atoms with van der Waals surface area (Å²) in [7, 11) is 3.22. The highest BCUT2D eigenvalue weighted by molar-refractivity contribution is 7.12. The summed E-state index contributed by atoms with van der Waals surface area (Å²) in [4.78, 5) is 30.4. The number of aryl methyl sites for hydroxylation is 1. The van der Waals surface area contributed by atoms with Crippen LogP contribution in [0.3, 0.4) is 0 Å². The molecule has 1 N–H and O–H groups in total. The predicted octanol–water partition coefficient (Wildman–Crippen LogP) is 2.09. The number of amides is 2. The zero-order valence-corrected chi connectivity index (χ0v) is 12.3. The first-order valence-corrected chi connectivity index (χ1v) is 6.93. The Hall–Kier alpha value is -2.21. The van der Waals surface area contributed by atoms with Crippen molar-refractivity contribution in [1.82, 2.24) is 10.3 Å². The summed E-state index contributed by atoms with van der Waals surface area (Å²) in [5.41, 5.74) is 3.38. The van der Waals surface area contributed by atoms with E-state index in [-0.39, 0.29) is 11.8 Å². The zero-order chi connectivity index (χ0) is 14.7. The van der Waals surface area contributed by atoms with Gasteiger partial charge in [0.15, 0.2) is 0 Å². The van der Waals surface area contributed by atoms with Crippen LogP contribution in [0.15, 0.2) is 29.8 Å². The van der Waals surface area contributed by atoms with E-state index >= 15 is 0 Å². The molecule has 6 heteroatoms. The molecule has 1 aromatic carbocycles. The molecule has 2 rings (SSSR count). The Balaban J connectivity index is 2.39. The van der Waals surface area contributed by atoms with Crippen molar-refractivity contribution in [3.05, 3.63) is 45.9 Å². The molecule has 0 atom stereocenters. The standard InChI is InChI=1S/C14H15N3O2S/c1-9-12(20-8-16-9)14(19)17(3)11-7-5-4-6-10(11)13(18)15-2/h4-8H,1-3H3,(H,15,18). The van der Waals surface area contributed by atoms with E-state index < -0.39 is 0 Å². The quantitative estimate of drug-likeness (QED) is 0.941. The molecule has 0 unspecified atom stereocenters. The van der Waals surface area contributed by atoms with Crippen molar-refractivity contribution in [1.29, 1.82) is 0 Å². The van der Waals surface area contributed by atoms with E-state index in [4.69, 9.17) is 0 Å². The first kappa shape index (κ1) is 14.2. The molecule has 0 radical (unpaired) electrons. The molecule has 0 saturated carbocycles. The molecule has 0 bridgehead atoms. The first-order chi connectivity index (χ1) is 9.56. The predicted molar refractivity (Wildman–Crippen MR) is 79.4 cm³/mol. The van der Waals surface area contributed by atoms with Crippen LogP contribution in [0.5, 0.6) is 0 Å². The van der Waals surface area contributed by atoms with Crippen molar-refractivity contribution >= 4 is 28.8 Å². The van der Waals surface area contributed by atoms with E-state index in [1.165, 1.54) is 16.2 Å². The Labute approximate surface area is 121 Å². The van der Waals surface area contributed by atoms with Gasteiger partial charge in [0.2, 0.25) is 0 Å². The Morgan fingerprint density at radius 1 is 1.30 bits per heavy atom. The SMILES string of the molecule is CNC(=O)c1ccccc1N(C)C(=O)c1scnc1C. The number of aromatic nitrogens is 1. The fourth-order valence-corrected chi connectivity index (χ4v) is 2.64. The number of hydrogen-bond acceptors (Lipinski definition) is 4. The van der Waals surface area contributed by atoms with Gasteiger partial charge in [-0.25, -0.2) is 4.98 Å². The van der Waals surface area contributed by atoms with Gasteiger partial charge in [-0.2, -0.15) is 0 Å². The lowest BCUT2D eigenvalue weighted by Gasteiger charge is -2.19. The van der Waals surface area contributed by atoms with Gasteiger partial charge in [-0.05, 0) is 19.1 Å². The van der Waals surface area contributed by atoms with Gasteiger partial charge in [-0.15, -0.1) is 11.3 Å².